The molecule has 2 rings (SSSR count). The molecule has 5 heteroatoms. The maximum Gasteiger partial charge on any atom is 0.275 e. The normalized spacial score (nSPS) is 10.9. The lowest BCUT2D eigenvalue weighted by Gasteiger charge is -2.18. The Morgan fingerprint density at radius 3 is 2.57 bits per heavy atom. The van der Waals surface area contributed by atoms with Crippen molar-refractivity contribution in [3.8, 4) is 0 Å². The van der Waals surface area contributed by atoms with Crippen molar-refractivity contribution in [1.29, 1.82) is 0 Å². The van der Waals surface area contributed by atoms with Gasteiger partial charge < -0.3 is 0 Å². The summed E-state index contributed by atoms with van der Waals surface area (Å²) < 4.78 is 0. The van der Waals surface area contributed by atoms with Crippen LogP contribution in [0.1, 0.15) is 31.2 Å². The van der Waals surface area contributed by atoms with Crippen LogP contribution in [0.25, 0.3) is 0 Å². The molecule has 112 valence electrons. The monoisotopic (exact) mass is 303 g/mol. The first-order valence-electron chi connectivity index (χ1n) is 6.84. The Bertz CT molecular complexity index is 636. The van der Waals surface area contributed by atoms with E-state index in [-0.39, 0.29) is 5.91 Å². The summed E-state index contributed by atoms with van der Waals surface area (Å²) in [6, 6.07) is 10.3. The second-order valence-corrected chi connectivity index (χ2v) is 6.52. The van der Waals surface area contributed by atoms with Crippen LogP contribution in [0.2, 0.25) is 0 Å². The van der Waals surface area contributed by atoms with E-state index in [1.807, 2.05) is 13.0 Å². The van der Waals surface area contributed by atoms with Gasteiger partial charge in [0.05, 0.1) is 4.88 Å². The van der Waals surface area contributed by atoms with Crippen molar-refractivity contribution in [2.24, 2.45) is 5.84 Å². The summed E-state index contributed by atoms with van der Waals surface area (Å²) in [5, 5.41) is 0. The molecule has 0 aliphatic heterocycles. The number of amides is 1. The zero-order valence-electron chi connectivity index (χ0n) is 12.6. The summed E-state index contributed by atoms with van der Waals surface area (Å²) in [7, 11) is 2.09. The number of benzene rings is 1. The standard InChI is InChI=1S/C16H21N3OS/c1-11-6-4-5-7-13(11)9-19(3)10-14-8-15(16(20)18-17)21-12(14)2/h4-8H,9-10,17H2,1-3H3,(H,18,20). The highest BCUT2D eigenvalue weighted by atomic mass is 32.1. The average molecular weight is 303 g/mol. The molecule has 0 saturated heterocycles. The zero-order chi connectivity index (χ0) is 15.4. The van der Waals surface area contributed by atoms with E-state index in [1.54, 1.807) is 0 Å². The summed E-state index contributed by atoms with van der Waals surface area (Å²) in [5.74, 6) is 4.95. The van der Waals surface area contributed by atoms with E-state index < -0.39 is 0 Å². The third-order valence-electron chi connectivity index (χ3n) is 3.52. The number of hydrogen-bond acceptors (Lipinski definition) is 4. The van der Waals surface area contributed by atoms with Crippen molar-refractivity contribution < 1.29 is 4.79 Å². The predicted octanol–water partition coefficient (Wildman–Crippen LogP) is 2.60. The molecule has 0 unspecified atom stereocenters. The summed E-state index contributed by atoms with van der Waals surface area (Å²) in [6.45, 7) is 5.87. The van der Waals surface area contributed by atoms with Gasteiger partial charge in [-0.15, -0.1) is 11.3 Å². The molecule has 0 bridgehead atoms. The number of nitrogens with two attached hydrogens (primary N) is 1. The molecule has 21 heavy (non-hydrogen) atoms. The first-order chi connectivity index (χ1) is 10.0. The van der Waals surface area contributed by atoms with Crippen LogP contribution in [-0.2, 0) is 13.1 Å². The van der Waals surface area contributed by atoms with Crippen molar-refractivity contribution in [1.82, 2.24) is 10.3 Å². The highest BCUT2D eigenvalue weighted by Crippen LogP contribution is 2.23. The number of nitrogens with one attached hydrogen (secondary N) is 1. The fraction of sp³-hybridized carbons (Fsp3) is 0.312. The molecule has 0 fully saturated rings. The molecule has 0 saturated carbocycles. The quantitative estimate of drug-likeness (QED) is 0.507. The molecule has 0 aliphatic rings. The van der Waals surface area contributed by atoms with Crippen LogP contribution in [-0.4, -0.2) is 17.9 Å². The maximum atomic E-state index is 11.6. The van der Waals surface area contributed by atoms with Gasteiger partial charge in [-0.3, -0.25) is 15.1 Å². The number of nitrogen functional groups attached to an aromatic ring is 1. The number of hydrogen-bond donors (Lipinski definition) is 2. The fourth-order valence-electron chi connectivity index (χ4n) is 2.28. The van der Waals surface area contributed by atoms with E-state index in [1.165, 1.54) is 28.0 Å². The average Bonchev–Trinajstić information content (AvgIpc) is 2.82. The number of carbonyl (C=O) groups excluding carboxylic acids is 1. The minimum absolute atomic E-state index is 0.226. The van der Waals surface area contributed by atoms with E-state index in [0.29, 0.717) is 4.88 Å². The van der Waals surface area contributed by atoms with Crippen LogP contribution in [0.4, 0.5) is 0 Å². The number of carbonyl (C=O) groups is 1. The lowest BCUT2D eigenvalue weighted by atomic mass is 10.1. The second kappa shape index (κ2) is 6.85. The highest BCUT2D eigenvalue weighted by molar-refractivity contribution is 7.14. The van der Waals surface area contributed by atoms with Gasteiger partial charge in [-0.1, -0.05) is 24.3 Å². The molecular weight excluding hydrogens is 282 g/mol. The molecule has 1 amide bonds. The van der Waals surface area contributed by atoms with Crippen LogP contribution in [0.3, 0.4) is 0 Å². The lowest BCUT2D eigenvalue weighted by Crippen LogP contribution is -2.29. The van der Waals surface area contributed by atoms with Crippen molar-refractivity contribution in [3.05, 3.63) is 56.8 Å². The van der Waals surface area contributed by atoms with Gasteiger partial charge in [0, 0.05) is 18.0 Å². The third-order valence-corrected chi connectivity index (χ3v) is 4.61. The topological polar surface area (TPSA) is 58.4 Å². The molecule has 0 aliphatic carbocycles. The second-order valence-electron chi connectivity index (χ2n) is 5.26. The minimum atomic E-state index is -0.226. The largest absolute Gasteiger partial charge is 0.298 e. The SMILES string of the molecule is Cc1ccccc1CN(C)Cc1cc(C(=O)NN)sc1C. The molecule has 2 aromatic rings. The zero-order valence-corrected chi connectivity index (χ0v) is 13.5. The number of nitrogens with zero attached hydrogens (tertiary/aromatic N) is 1. The molecule has 0 spiro atoms. The van der Waals surface area contributed by atoms with Gasteiger partial charge in [0.1, 0.15) is 0 Å². The van der Waals surface area contributed by atoms with Crippen LogP contribution in [0.5, 0.6) is 0 Å². The highest BCUT2D eigenvalue weighted by Gasteiger charge is 2.13. The van der Waals surface area contributed by atoms with Gasteiger partial charge in [-0.25, -0.2) is 5.84 Å². The smallest absolute Gasteiger partial charge is 0.275 e. The Morgan fingerprint density at radius 1 is 1.24 bits per heavy atom. The molecule has 0 radical (unpaired) electrons. The van der Waals surface area contributed by atoms with Crippen molar-refractivity contribution in [3.63, 3.8) is 0 Å². The molecule has 1 aromatic heterocycles. The van der Waals surface area contributed by atoms with Crippen LogP contribution in [0, 0.1) is 13.8 Å². The predicted molar refractivity (Wildman–Crippen MR) is 87.1 cm³/mol. The first kappa shape index (κ1) is 15.7. The maximum absolute atomic E-state index is 11.6. The number of hydrazine groups is 1. The van der Waals surface area contributed by atoms with Crippen LogP contribution >= 0.6 is 11.3 Å². The first-order valence-corrected chi connectivity index (χ1v) is 7.66. The number of rotatable bonds is 5. The van der Waals surface area contributed by atoms with E-state index in [2.05, 4.69) is 48.6 Å². The van der Waals surface area contributed by atoms with Crippen molar-refractivity contribution in [2.75, 3.05) is 7.05 Å². The lowest BCUT2D eigenvalue weighted by molar-refractivity contribution is 0.0957. The van der Waals surface area contributed by atoms with E-state index in [0.717, 1.165) is 18.0 Å². The molecule has 4 nitrogen and oxygen atoms in total. The number of aryl methyl sites for hydroxylation is 2. The summed E-state index contributed by atoms with van der Waals surface area (Å²) in [6.07, 6.45) is 0. The van der Waals surface area contributed by atoms with Gasteiger partial charge in [-0.05, 0) is 43.7 Å². The van der Waals surface area contributed by atoms with Gasteiger partial charge in [0.25, 0.3) is 5.91 Å². The van der Waals surface area contributed by atoms with Crippen molar-refractivity contribution in [2.45, 2.75) is 26.9 Å². The Labute approximate surface area is 129 Å². The molecule has 3 N–H and O–H groups in total. The van der Waals surface area contributed by atoms with Crippen molar-refractivity contribution >= 4 is 17.2 Å². The molecule has 1 heterocycles. The van der Waals surface area contributed by atoms with Crippen LogP contribution < -0.4 is 11.3 Å². The van der Waals surface area contributed by atoms with Crippen LogP contribution in [0.15, 0.2) is 30.3 Å². The van der Waals surface area contributed by atoms with Gasteiger partial charge in [0.15, 0.2) is 0 Å². The Balaban J connectivity index is 2.06. The summed E-state index contributed by atoms with van der Waals surface area (Å²) in [4.78, 5) is 15.6. The third kappa shape index (κ3) is 3.91. The van der Waals surface area contributed by atoms with Gasteiger partial charge >= 0.3 is 0 Å². The van der Waals surface area contributed by atoms with E-state index in [4.69, 9.17) is 5.84 Å². The molecule has 0 atom stereocenters. The summed E-state index contributed by atoms with van der Waals surface area (Å²) >= 11 is 1.48. The van der Waals surface area contributed by atoms with E-state index >= 15 is 0 Å². The van der Waals surface area contributed by atoms with Gasteiger partial charge in [0.2, 0.25) is 0 Å². The summed E-state index contributed by atoms with van der Waals surface area (Å²) in [5.41, 5.74) is 5.98. The fourth-order valence-corrected chi connectivity index (χ4v) is 3.22. The molecular formula is C16H21N3OS. The van der Waals surface area contributed by atoms with E-state index in [9.17, 15) is 4.79 Å². The Hall–Kier alpha value is -1.69. The Morgan fingerprint density at radius 2 is 1.90 bits per heavy atom. The Kier molecular flexibility index (Phi) is 5.12. The number of thiophene rings is 1. The van der Waals surface area contributed by atoms with Gasteiger partial charge in [-0.2, -0.15) is 0 Å². The molecule has 1 aromatic carbocycles. The minimum Gasteiger partial charge on any atom is -0.298 e.